The van der Waals surface area contributed by atoms with Crippen LogP contribution in [0, 0.1) is 12.8 Å². The number of nitrogens with one attached hydrogen (secondary N) is 1. The molecule has 0 saturated carbocycles. The van der Waals surface area contributed by atoms with Gasteiger partial charge in [-0.1, -0.05) is 38.1 Å². The van der Waals surface area contributed by atoms with Crippen LogP contribution in [-0.4, -0.2) is 36.3 Å². The number of carbonyl (C=O) groups excluding carboxylic acids is 2. The second-order valence-corrected chi connectivity index (χ2v) is 7.27. The van der Waals surface area contributed by atoms with E-state index in [4.69, 9.17) is 5.73 Å². The van der Waals surface area contributed by atoms with Gasteiger partial charge < -0.3 is 16.0 Å². The fourth-order valence-electron chi connectivity index (χ4n) is 2.67. The molecule has 2 aromatic carbocycles. The molecule has 2 aromatic rings. The Balaban J connectivity index is 2.09. The number of nitrogens with zero attached hydrogens (tertiary/aromatic N) is 1. The first-order chi connectivity index (χ1) is 12.8. The van der Waals surface area contributed by atoms with Crippen LogP contribution in [0.25, 0.3) is 0 Å². The third kappa shape index (κ3) is 5.66. The Morgan fingerprint density at radius 3 is 2.37 bits per heavy atom. The van der Waals surface area contributed by atoms with Gasteiger partial charge in [-0.05, 0) is 49.1 Å². The Hall–Kier alpha value is -2.66. The zero-order valence-corrected chi connectivity index (χ0v) is 16.5. The first-order valence-corrected chi connectivity index (χ1v) is 9.27. The van der Waals surface area contributed by atoms with Crippen molar-refractivity contribution in [3.63, 3.8) is 0 Å². The molecule has 0 aliphatic heterocycles. The molecule has 0 radical (unpaired) electrons. The predicted octanol–water partition coefficient (Wildman–Crippen LogP) is 3.69. The minimum absolute atomic E-state index is 0.0685. The van der Waals surface area contributed by atoms with E-state index in [2.05, 4.69) is 19.2 Å². The Kier molecular flexibility index (Phi) is 7.13. The van der Waals surface area contributed by atoms with Crippen molar-refractivity contribution in [2.75, 3.05) is 18.9 Å². The summed E-state index contributed by atoms with van der Waals surface area (Å²) in [6, 6.07) is 14.4. The summed E-state index contributed by atoms with van der Waals surface area (Å²) in [7, 11) is 1.78. The van der Waals surface area contributed by atoms with Crippen LogP contribution in [0.15, 0.2) is 48.5 Å². The van der Waals surface area contributed by atoms with Crippen LogP contribution in [0.1, 0.15) is 46.5 Å². The first-order valence-electron chi connectivity index (χ1n) is 9.27. The minimum Gasteiger partial charge on any atom is -0.342 e. The summed E-state index contributed by atoms with van der Waals surface area (Å²) in [5.74, 6) is 0.105. The lowest BCUT2D eigenvalue weighted by Gasteiger charge is -2.22. The van der Waals surface area contributed by atoms with Gasteiger partial charge in [-0.15, -0.1) is 0 Å². The molecule has 0 aliphatic rings. The monoisotopic (exact) mass is 367 g/mol. The molecule has 1 atom stereocenters. The van der Waals surface area contributed by atoms with Crippen molar-refractivity contribution in [2.24, 2.45) is 11.7 Å². The van der Waals surface area contributed by atoms with Crippen LogP contribution in [0.5, 0.6) is 0 Å². The van der Waals surface area contributed by atoms with Crippen molar-refractivity contribution in [3.8, 4) is 0 Å². The van der Waals surface area contributed by atoms with Crippen LogP contribution in [0.4, 0.5) is 5.69 Å². The van der Waals surface area contributed by atoms with Gasteiger partial charge >= 0.3 is 0 Å². The SMILES string of the molecule is Cc1ccc(C(=O)N(C)CCC(N)C(C)C)cc1NC(=O)c1ccccc1. The molecule has 0 aromatic heterocycles. The molecule has 0 aliphatic carbocycles. The van der Waals surface area contributed by atoms with Crippen molar-refractivity contribution in [1.29, 1.82) is 0 Å². The van der Waals surface area contributed by atoms with E-state index in [1.807, 2.05) is 31.2 Å². The van der Waals surface area contributed by atoms with Crippen LogP contribution in [-0.2, 0) is 0 Å². The van der Waals surface area contributed by atoms with E-state index in [1.54, 1.807) is 36.2 Å². The van der Waals surface area contributed by atoms with E-state index in [0.29, 0.717) is 29.3 Å². The van der Waals surface area contributed by atoms with Gasteiger partial charge in [0, 0.05) is 36.4 Å². The lowest BCUT2D eigenvalue weighted by molar-refractivity contribution is 0.0789. The van der Waals surface area contributed by atoms with Crippen LogP contribution in [0.3, 0.4) is 0 Å². The third-order valence-corrected chi connectivity index (χ3v) is 4.77. The van der Waals surface area contributed by atoms with Gasteiger partial charge in [0.05, 0.1) is 0 Å². The van der Waals surface area contributed by atoms with Crippen LogP contribution >= 0.6 is 0 Å². The summed E-state index contributed by atoms with van der Waals surface area (Å²) in [4.78, 5) is 26.8. The van der Waals surface area contributed by atoms with Crippen molar-refractivity contribution < 1.29 is 9.59 Å². The number of anilines is 1. The summed E-state index contributed by atoms with van der Waals surface area (Å²) < 4.78 is 0. The van der Waals surface area contributed by atoms with Crippen molar-refractivity contribution in [2.45, 2.75) is 33.2 Å². The quantitative estimate of drug-likeness (QED) is 0.784. The molecule has 0 spiro atoms. The minimum atomic E-state index is -0.195. The first kappa shape index (κ1) is 20.6. The largest absolute Gasteiger partial charge is 0.342 e. The Morgan fingerprint density at radius 1 is 1.07 bits per heavy atom. The lowest BCUT2D eigenvalue weighted by atomic mass is 10.0. The molecule has 1 unspecified atom stereocenters. The van der Waals surface area contributed by atoms with Crippen molar-refractivity contribution in [3.05, 3.63) is 65.2 Å². The Bertz CT molecular complexity index is 787. The molecule has 0 heterocycles. The van der Waals surface area contributed by atoms with E-state index in [0.717, 1.165) is 12.0 Å². The number of hydrogen-bond acceptors (Lipinski definition) is 3. The molecule has 0 saturated heterocycles. The maximum absolute atomic E-state index is 12.7. The normalized spacial score (nSPS) is 11.9. The lowest BCUT2D eigenvalue weighted by Crippen LogP contribution is -2.34. The molecule has 5 nitrogen and oxygen atoms in total. The zero-order valence-electron chi connectivity index (χ0n) is 16.5. The molecule has 27 heavy (non-hydrogen) atoms. The zero-order chi connectivity index (χ0) is 20.0. The van der Waals surface area contributed by atoms with E-state index in [9.17, 15) is 9.59 Å². The van der Waals surface area contributed by atoms with Crippen molar-refractivity contribution >= 4 is 17.5 Å². The number of aryl methyl sites for hydroxylation is 1. The summed E-state index contributed by atoms with van der Waals surface area (Å²) in [5, 5.41) is 2.90. The average Bonchev–Trinajstić information content (AvgIpc) is 2.67. The molecular formula is C22H29N3O2. The van der Waals surface area contributed by atoms with Crippen LogP contribution in [0.2, 0.25) is 0 Å². The molecule has 5 heteroatoms. The van der Waals surface area contributed by atoms with Gasteiger partial charge in [0.2, 0.25) is 0 Å². The second kappa shape index (κ2) is 9.33. The predicted molar refractivity (Wildman–Crippen MR) is 110 cm³/mol. The number of nitrogens with two attached hydrogens (primary N) is 1. The van der Waals surface area contributed by atoms with Gasteiger partial charge in [0.1, 0.15) is 0 Å². The highest BCUT2D eigenvalue weighted by atomic mass is 16.2. The maximum Gasteiger partial charge on any atom is 0.255 e. The number of benzene rings is 2. The van der Waals surface area contributed by atoms with Gasteiger partial charge in [-0.3, -0.25) is 9.59 Å². The van der Waals surface area contributed by atoms with Crippen molar-refractivity contribution in [1.82, 2.24) is 4.90 Å². The maximum atomic E-state index is 12.7. The molecule has 0 fully saturated rings. The van der Waals surface area contributed by atoms with Gasteiger partial charge in [-0.2, -0.15) is 0 Å². The second-order valence-electron chi connectivity index (χ2n) is 7.27. The Morgan fingerprint density at radius 2 is 1.74 bits per heavy atom. The number of carbonyl (C=O) groups is 2. The summed E-state index contributed by atoms with van der Waals surface area (Å²) in [5.41, 5.74) is 8.74. The van der Waals surface area contributed by atoms with Gasteiger partial charge in [0.25, 0.3) is 11.8 Å². The molecule has 2 amide bonds. The van der Waals surface area contributed by atoms with Crippen LogP contribution < -0.4 is 11.1 Å². The summed E-state index contributed by atoms with van der Waals surface area (Å²) in [6.07, 6.45) is 0.753. The number of hydrogen-bond donors (Lipinski definition) is 2. The molecule has 0 bridgehead atoms. The van der Waals surface area contributed by atoms with Gasteiger partial charge in [0.15, 0.2) is 0 Å². The highest BCUT2D eigenvalue weighted by Gasteiger charge is 2.16. The van der Waals surface area contributed by atoms with E-state index in [-0.39, 0.29) is 17.9 Å². The van der Waals surface area contributed by atoms with Gasteiger partial charge in [-0.25, -0.2) is 0 Å². The molecule has 3 N–H and O–H groups in total. The summed E-state index contributed by atoms with van der Waals surface area (Å²) >= 11 is 0. The molecular weight excluding hydrogens is 338 g/mol. The van der Waals surface area contributed by atoms with E-state index < -0.39 is 0 Å². The fraction of sp³-hybridized carbons (Fsp3) is 0.364. The average molecular weight is 367 g/mol. The molecule has 144 valence electrons. The van der Waals surface area contributed by atoms with E-state index in [1.165, 1.54) is 0 Å². The summed E-state index contributed by atoms with van der Waals surface area (Å²) in [6.45, 7) is 6.65. The Labute approximate surface area is 161 Å². The third-order valence-electron chi connectivity index (χ3n) is 4.77. The highest BCUT2D eigenvalue weighted by molar-refractivity contribution is 6.05. The highest BCUT2D eigenvalue weighted by Crippen LogP contribution is 2.19. The van der Waals surface area contributed by atoms with E-state index >= 15 is 0 Å². The molecule has 2 rings (SSSR count). The standard InChI is InChI=1S/C22H29N3O2/c1-15(2)19(23)12-13-25(4)22(27)18-11-10-16(3)20(14-18)24-21(26)17-8-6-5-7-9-17/h5-11,14-15,19H,12-13,23H2,1-4H3,(H,24,26). The number of amides is 2. The fourth-order valence-corrected chi connectivity index (χ4v) is 2.67. The topological polar surface area (TPSA) is 75.4 Å². The number of rotatable bonds is 7. The smallest absolute Gasteiger partial charge is 0.255 e.